The first-order valence-corrected chi connectivity index (χ1v) is 9.71. The fourth-order valence-corrected chi connectivity index (χ4v) is 3.67. The Morgan fingerprint density at radius 2 is 1.92 bits per heavy atom. The highest BCUT2D eigenvalue weighted by Gasteiger charge is 2.12. The zero-order valence-corrected chi connectivity index (χ0v) is 16.2. The summed E-state index contributed by atoms with van der Waals surface area (Å²) in [5.41, 5.74) is 5.65. The predicted octanol–water partition coefficient (Wildman–Crippen LogP) is 5.21. The lowest BCUT2D eigenvalue weighted by Crippen LogP contribution is -2.06. The van der Waals surface area contributed by atoms with Crippen LogP contribution in [0.1, 0.15) is 34.7 Å². The lowest BCUT2D eigenvalue weighted by Gasteiger charge is -2.11. The first-order valence-electron chi connectivity index (χ1n) is 8.55. The Morgan fingerprint density at radius 3 is 2.58 bits per heavy atom. The zero-order chi connectivity index (χ0) is 18.9. The molecule has 0 aliphatic rings. The number of nitriles is 1. The van der Waals surface area contributed by atoms with Gasteiger partial charge in [-0.25, -0.2) is 4.79 Å². The van der Waals surface area contributed by atoms with Crippen LogP contribution in [-0.2, 0) is 21.0 Å². The topological polar surface area (TPSA) is 50.1 Å². The van der Waals surface area contributed by atoms with E-state index in [0.717, 1.165) is 28.2 Å². The Hall–Kier alpha value is -2.51. The Kier molecular flexibility index (Phi) is 7.50. The number of hydrogen-bond acceptors (Lipinski definition) is 4. The van der Waals surface area contributed by atoms with E-state index in [1.807, 2.05) is 43.8 Å². The molecule has 0 aliphatic carbocycles. The van der Waals surface area contributed by atoms with Crippen LogP contribution >= 0.6 is 11.8 Å². The van der Waals surface area contributed by atoms with Crippen molar-refractivity contribution >= 4 is 23.8 Å². The minimum atomic E-state index is -0.573. The van der Waals surface area contributed by atoms with Crippen LogP contribution in [0, 0.1) is 25.2 Å². The van der Waals surface area contributed by atoms with Gasteiger partial charge < -0.3 is 4.74 Å². The first kappa shape index (κ1) is 19.8. The second kappa shape index (κ2) is 9.84. The molecule has 0 heterocycles. The summed E-state index contributed by atoms with van der Waals surface area (Å²) in [5.74, 6) is 1.26. The molecule has 0 atom stereocenters. The normalized spacial score (nSPS) is 11.1. The number of ether oxygens (including phenoxy) is 1. The summed E-state index contributed by atoms with van der Waals surface area (Å²) in [6, 6.07) is 16.5. The molecule has 0 N–H and O–H groups in total. The van der Waals surface area contributed by atoms with Crippen LogP contribution in [0.2, 0.25) is 0 Å². The highest BCUT2D eigenvalue weighted by Crippen LogP contribution is 2.25. The Labute approximate surface area is 159 Å². The van der Waals surface area contributed by atoms with Crippen molar-refractivity contribution in [1.29, 1.82) is 5.26 Å². The number of benzene rings is 2. The molecule has 2 aromatic carbocycles. The van der Waals surface area contributed by atoms with Crippen molar-refractivity contribution < 1.29 is 9.53 Å². The number of thioether (sulfide) groups is 1. The Morgan fingerprint density at radius 1 is 1.19 bits per heavy atom. The Balaban J connectivity index is 2.19. The maximum Gasteiger partial charge on any atom is 0.348 e. The SMILES string of the molecule is CCOC(=O)C(C#N)=Cc1cc(C)cc(CSCc2ccccc2)c1C. The third-order valence-electron chi connectivity index (χ3n) is 3.98. The van der Waals surface area contributed by atoms with Crippen molar-refractivity contribution in [3.8, 4) is 6.07 Å². The van der Waals surface area contributed by atoms with Crippen LogP contribution in [0.4, 0.5) is 0 Å². The standard InChI is InChI=1S/C22H23NO2S/c1-4-25-22(24)20(13-23)12-19-10-16(2)11-21(17(19)3)15-26-14-18-8-6-5-7-9-18/h5-12H,4,14-15H2,1-3H3. The maximum atomic E-state index is 11.9. The van der Waals surface area contributed by atoms with Crippen molar-refractivity contribution in [1.82, 2.24) is 0 Å². The molecule has 0 amide bonds. The lowest BCUT2D eigenvalue weighted by molar-refractivity contribution is -0.137. The molecule has 0 saturated heterocycles. The maximum absolute atomic E-state index is 11.9. The summed E-state index contributed by atoms with van der Waals surface area (Å²) >= 11 is 1.85. The highest BCUT2D eigenvalue weighted by atomic mass is 32.2. The molecule has 134 valence electrons. The van der Waals surface area contributed by atoms with Crippen LogP contribution in [0.5, 0.6) is 0 Å². The molecule has 0 aliphatic heterocycles. The highest BCUT2D eigenvalue weighted by molar-refractivity contribution is 7.97. The summed E-state index contributed by atoms with van der Waals surface area (Å²) in [7, 11) is 0. The molecule has 0 bridgehead atoms. The minimum absolute atomic E-state index is 0.0310. The number of carbonyl (C=O) groups excluding carboxylic acids is 1. The third-order valence-corrected chi connectivity index (χ3v) is 5.04. The summed E-state index contributed by atoms with van der Waals surface area (Å²) in [5, 5.41) is 9.26. The second-order valence-electron chi connectivity index (χ2n) is 6.01. The molecule has 0 radical (unpaired) electrons. The number of hydrogen-bond donors (Lipinski definition) is 0. The van der Waals surface area contributed by atoms with Crippen molar-refractivity contribution in [2.75, 3.05) is 6.61 Å². The quantitative estimate of drug-likeness (QED) is 0.384. The first-order chi connectivity index (χ1) is 12.5. The minimum Gasteiger partial charge on any atom is -0.462 e. The van der Waals surface area contributed by atoms with Crippen molar-refractivity contribution in [3.05, 3.63) is 75.9 Å². The van der Waals surface area contributed by atoms with E-state index >= 15 is 0 Å². The van der Waals surface area contributed by atoms with Gasteiger partial charge in [0.1, 0.15) is 11.6 Å². The van der Waals surface area contributed by atoms with Gasteiger partial charge in [-0.2, -0.15) is 17.0 Å². The van der Waals surface area contributed by atoms with Crippen LogP contribution in [-0.4, -0.2) is 12.6 Å². The van der Waals surface area contributed by atoms with Crippen LogP contribution in [0.3, 0.4) is 0 Å². The van der Waals surface area contributed by atoms with Gasteiger partial charge in [0.15, 0.2) is 0 Å². The van der Waals surface area contributed by atoms with Gasteiger partial charge in [-0.15, -0.1) is 0 Å². The van der Waals surface area contributed by atoms with Gasteiger partial charge in [-0.3, -0.25) is 0 Å². The van der Waals surface area contributed by atoms with E-state index < -0.39 is 5.97 Å². The largest absolute Gasteiger partial charge is 0.462 e. The van der Waals surface area contributed by atoms with Gasteiger partial charge in [0.2, 0.25) is 0 Å². The van der Waals surface area contributed by atoms with Crippen LogP contribution < -0.4 is 0 Å². The van der Waals surface area contributed by atoms with E-state index in [1.165, 1.54) is 11.1 Å². The molecular formula is C22H23NO2S. The lowest BCUT2D eigenvalue weighted by atomic mass is 9.98. The van der Waals surface area contributed by atoms with Crippen LogP contribution in [0.25, 0.3) is 6.08 Å². The molecule has 0 saturated carbocycles. The third kappa shape index (κ3) is 5.50. The van der Waals surface area contributed by atoms with Gasteiger partial charge in [0.25, 0.3) is 0 Å². The van der Waals surface area contributed by atoms with Gasteiger partial charge >= 0.3 is 5.97 Å². The van der Waals surface area contributed by atoms with E-state index in [4.69, 9.17) is 4.74 Å². The molecular weight excluding hydrogens is 342 g/mol. The molecule has 0 spiro atoms. The molecule has 2 rings (SSSR count). The molecule has 26 heavy (non-hydrogen) atoms. The fraction of sp³-hybridized carbons (Fsp3) is 0.273. The molecule has 3 nitrogen and oxygen atoms in total. The summed E-state index contributed by atoms with van der Waals surface area (Å²) in [6.45, 7) is 6.04. The van der Waals surface area contributed by atoms with E-state index in [9.17, 15) is 10.1 Å². The summed E-state index contributed by atoms with van der Waals surface area (Å²) in [6.07, 6.45) is 1.63. The number of nitrogens with zero attached hydrogens (tertiary/aromatic N) is 1. The smallest absolute Gasteiger partial charge is 0.348 e. The van der Waals surface area contributed by atoms with E-state index in [1.54, 1.807) is 13.0 Å². The average Bonchev–Trinajstić information content (AvgIpc) is 2.64. The molecule has 0 unspecified atom stereocenters. The van der Waals surface area contributed by atoms with Gasteiger partial charge in [0.05, 0.1) is 6.61 Å². The average molecular weight is 365 g/mol. The van der Waals surface area contributed by atoms with Gasteiger partial charge in [-0.05, 0) is 49.1 Å². The van der Waals surface area contributed by atoms with Gasteiger partial charge in [0, 0.05) is 11.5 Å². The molecule has 4 heteroatoms. The number of aryl methyl sites for hydroxylation is 1. The monoisotopic (exact) mass is 365 g/mol. The predicted molar refractivity (Wildman–Crippen MR) is 108 cm³/mol. The summed E-state index contributed by atoms with van der Waals surface area (Å²) < 4.78 is 4.95. The molecule has 2 aromatic rings. The summed E-state index contributed by atoms with van der Waals surface area (Å²) in [4.78, 5) is 11.9. The van der Waals surface area contributed by atoms with Gasteiger partial charge in [-0.1, -0.05) is 48.0 Å². The molecule has 0 fully saturated rings. The van der Waals surface area contributed by atoms with E-state index in [-0.39, 0.29) is 12.2 Å². The number of carbonyl (C=O) groups is 1. The Bertz CT molecular complexity index is 835. The van der Waals surface area contributed by atoms with Crippen molar-refractivity contribution in [2.45, 2.75) is 32.3 Å². The number of rotatable bonds is 7. The fourth-order valence-electron chi connectivity index (χ4n) is 2.62. The van der Waals surface area contributed by atoms with Crippen molar-refractivity contribution in [3.63, 3.8) is 0 Å². The second-order valence-corrected chi connectivity index (χ2v) is 6.99. The van der Waals surface area contributed by atoms with E-state index in [0.29, 0.717) is 0 Å². The van der Waals surface area contributed by atoms with Crippen molar-refractivity contribution in [2.24, 2.45) is 0 Å². The zero-order valence-electron chi connectivity index (χ0n) is 15.4. The van der Waals surface area contributed by atoms with E-state index in [2.05, 4.69) is 30.3 Å². The number of esters is 1. The van der Waals surface area contributed by atoms with Crippen LogP contribution in [0.15, 0.2) is 48.0 Å². The molecule has 0 aromatic heterocycles.